The summed E-state index contributed by atoms with van der Waals surface area (Å²) in [5.74, 6) is 1.20. The molecule has 0 spiro atoms. The van der Waals surface area contributed by atoms with Gasteiger partial charge in [0.15, 0.2) is 5.75 Å². The minimum absolute atomic E-state index is 0.0358. The molecule has 2 rings (SSSR count). The van der Waals surface area contributed by atoms with Crippen molar-refractivity contribution < 1.29 is 14.1 Å². The largest absolute Gasteiger partial charge is 0.490 e. The van der Waals surface area contributed by atoms with E-state index in [0.29, 0.717) is 0 Å². The summed E-state index contributed by atoms with van der Waals surface area (Å²) in [6.45, 7) is 2.05. The Kier molecular flexibility index (Phi) is 4.81. The zero-order valence-electron chi connectivity index (χ0n) is 12.0. The second kappa shape index (κ2) is 6.78. The van der Waals surface area contributed by atoms with Gasteiger partial charge in [-0.1, -0.05) is 0 Å². The number of ether oxygens (including phenoxy) is 1. The first-order valence-electron chi connectivity index (χ1n) is 6.71. The summed E-state index contributed by atoms with van der Waals surface area (Å²) in [5.41, 5.74) is 0.760. The summed E-state index contributed by atoms with van der Waals surface area (Å²) in [4.78, 5) is 10.4. The monoisotopic (exact) mass is 290 g/mol. The van der Waals surface area contributed by atoms with E-state index in [0.717, 1.165) is 24.3 Å². The molecule has 6 heteroatoms. The third-order valence-electron chi connectivity index (χ3n) is 3.19. The maximum absolute atomic E-state index is 10.8. The molecule has 0 fully saturated rings. The summed E-state index contributed by atoms with van der Waals surface area (Å²) in [5, 5.41) is 14.1. The van der Waals surface area contributed by atoms with Crippen molar-refractivity contribution >= 4 is 11.4 Å². The third kappa shape index (κ3) is 3.98. The molecule has 0 bridgehead atoms. The molecule has 1 aromatic heterocycles. The van der Waals surface area contributed by atoms with Gasteiger partial charge in [0.2, 0.25) is 0 Å². The second-order valence-electron chi connectivity index (χ2n) is 4.81. The fourth-order valence-corrected chi connectivity index (χ4v) is 2.09. The summed E-state index contributed by atoms with van der Waals surface area (Å²) in [6.07, 6.45) is 3.40. The van der Waals surface area contributed by atoms with Crippen LogP contribution in [0.15, 0.2) is 41.0 Å². The van der Waals surface area contributed by atoms with Crippen LogP contribution in [0.25, 0.3) is 0 Å². The van der Waals surface area contributed by atoms with Crippen LogP contribution in [-0.2, 0) is 6.42 Å². The fraction of sp³-hybridized carbons (Fsp3) is 0.333. The molecule has 6 nitrogen and oxygen atoms in total. The minimum atomic E-state index is -0.455. The number of methoxy groups -OCH3 is 1. The lowest BCUT2D eigenvalue weighted by molar-refractivity contribution is -0.385. The van der Waals surface area contributed by atoms with Crippen LogP contribution in [0.1, 0.15) is 19.1 Å². The number of nitrogens with one attached hydrogen (secondary N) is 1. The molecule has 1 atom stereocenters. The van der Waals surface area contributed by atoms with E-state index < -0.39 is 4.92 Å². The first-order chi connectivity index (χ1) is 10.1. The number of anilines is 1. The van der Waals surface area contributed by atoms with Crippen molar-refractivity contribution in [1.82, 2.24) is 0 Å². The minimum Gasteiger partial charge on any atom is -0.490 e. The number of aryl methyl sites for hydroxylation is 1. The molecule has 0 aliphatic carbocycles. The number of nitrogens with zero attached hydrogens (tertiary/aromatic N) is 1. The SMILES string of the molecule is COc1cc(NC(C)CCc2ccco2)ccc1[N+](=O)[O-]. The first-order valence-corrected chi connectivity index (χ1v) is 6.71. The van der Waals surface area contributed by atoms with Gasteiger partial charge in [0.25, 0.3) is 0 Å². The van der Waals surface area contributed by atoms with E-state index in [2.05, 4.69) is 12.2 Å². The fourth-order valence-electron chi connectivity index (χ4n) is 2.09. The number of rotatable bonds is 7. The van der Waals surface area contributed by atoms with E-state index in [9.17, 15) is 10.1 Å². The number of nitro groups is 1. The summed E-state index contributed by atoms with van der Waals surface area (Å²) < 4.78 is 10.3. The van der Waals surface area contributed by atoms with Gasteiger partial charge in [0.05, 0.1) is 18.3 Å². The van der Waals surface area contributed by atoms with Crippen LogP contribution in [-0.4, -0.2) is 18.1 Å². The van der Waals surface area contributed by atoms with Gasteiger partial charge >= 0.3 is 5.69 Å². The smallest absolute Gasteiger partial charge is 0.311 e. The molecule has 1 N–H and O–H groups in total. The van der Waals surface area contributed by atoms with E-state index in [-0.39, 0.29) is 17.5 Å². The average molecular weight is 290 g/mol. The van der Waals surface area contributed by atoms with Gasteiger partial charge < -0.3 is 14.5 Å². The highest BCUT2D eigenvalue weighted by Gasteiger charge is 2.15. The maximum atomic E-state index is 10.8. The Morgan fingerprint density at radius 2 is 2.24 bits per heavy atom. The van der Waals surface area contributed by atoms with Crippen LogP contribution in [0.5, 0.6) is 5.75 Å². The lowest BCUT2D eigenvalue weighted by Gasteiger charge is -2.15. The molecule has 1 aromatic carbocycles. The van der Waals surface area contributed by atoms with E-state index in [1.165, 1.54) is 13.2 Å². The summed E-state index contributed by atoms with van der Waals surface area (Å²) in [6, 6.07) is 8.80. The van der Waals surface area contributed by atoms with Gasteiger partial charge in [0, 0.05) is 30.3 Å². The number of furan rings is 1. The molecule has 0 aliphatic heterocycles. The van der Waals surface area contributed by atoms with Crippen molar-refractivity contribution in [2.24, 2.45) is 0 Å². The predicted molar refractivity (Wildman–Crippen MR) is 79.8 cm³/mol. The standard InChI is InChI=1S/C15H18N2O4/c1-11(5-7-13-4-3-9-21-13)16-12-6-8-14(17(18)19)15(10-12)20-2/h3-4,6,8-11,16H,5,7H2,1-2H3. The third-order valence-corrected chi connectivity index (χ3v) is 3.19. The van der Waals surface area contributed by atoms with E-state index in [4.69, 9.17) is 9.15 Å². The molecule has 0 radical (unpaired) electrons. The summed E-state index contributed by atoms with van der Waals surface area (Å²) >= 11 is 0. The van der Waals surface area contributed by atoms with E-state index in [1.807, 2.05) is 12.1 Å². The zero-order valence-corrected chi connectivity index (χ0v) is 12.0. The molecular weight excluding hydrogens is 272 g/mol. The van der Waals surface area contributed by atoms with Crippen LogP contribution in [0.4, 0.5) is 11.4 Å². The highest BCUT2D eigenvalue weighted by molar-refractivity contribution is 5.58. The average Bonchev–Trinajstić information content (AvgIpc) is 2.98. The number of benzene rings is 1. The van der Waals surface area contributed by atoms with Crippen LogP contribution >= 0.6 is 0 Å². The van der Waals surface area contributed by atoms with E-state index >= 15 is 0 Å². The Hall–Kier alpha value is -2.50. The highest BCUT2D eigenvalue weighted by Crippen LogP contribution is 2.30. The summed E-state index contributed by atoms with van der Waals surface area (Å²) in [7, 11) is 1.42. The van der Waals surface area contributed by atoms with E-state index in [1.54, 1.807) is 18.4 Å². The first kappa shape index (κ1) is 14.9. The van der Waals surface area contributed by atoms with Crippen molar-refractivity contribution in [3.63, 3.8) is 0 Å². The lowest BCUT2D eigenvalue weighted by atomic mass is 10.1. The second-order valence-corrected chi connectivity index (χ2v) is 4.81. The topological polar surface area (TPSA) is 77.5 Å². The van der Waals surface area contributed by atoms with Crippen molar-refractivity contribution in [3.8, 4) is 5.75 Å². The number of hydrogen-bond donors (Lipinski definition) is 1. The quantitative estimate of drug-likeness (QED) is 0.622. The zero-order chi connectivity index (χ0) is 15.2. The van der Waals surface area contributed by atoms with Crippen LogP contribution < -0.4 is 10.1 Å². The van der Waals surface area contributed by atoms with Crippen molar-refractivity contribution in [2.75, 3.05) is 12.4 Å². The number of hydrogen-bond acceptors (Lipinski definition) is 5. The van der Waals surface area contributed by atoms with Gasteiger partial charge in [-0.25, -0.2) is 0 Å². The predicted octanol–water partition coefficient (Wildman–Crippen LogP) is 3.63. The van der Waals surface area contributed by atoms with Crippen molar-refractivity contribution in [1.29, 1.82) is 0 Å². The normalized spacial score (nSPS) is 11.9. The molecule has 0 saturated heterocycles. The Bertz CT molecular complexity index is 596. The van der Waals surface area contributed by atoms with Gasteiger partial charge in [-0.15, -0.1) is 0 Å². The Morgan fingerprint density at radius 1 is 1.43 bits per heavy atom. The maximum Gasteiger partial charge on any atom is 0.311 e. The van der Waals surface area contributed by atoms with Crippen LogP contribution in [0.3, 0.4) is 0 Å². The van der Waals surface area contributed by atoms with Crippen LogP contribution in [0, 0.1) is 10.1 Å². The van der Waals surface area contributed by atoms with Gasteiger partial charge in [-0.05, 0) is 31.5 Å². The Balaban J connectivity index is 1.97. The van der Waals surface area contributed by atoms with Crippen molar-refractivity contribution in [2.45, 2.75) is 25.8 Å². The van der Waals surface area contributed by atoms with Crippen molar-refractivity contribution in [3.05, 3.63) is 52.5 Å². The molecular formula is C15H18N2O4. The lowest BCUT2D eigenvalue weighted by Crippen LogP contribution is -2.16. The van der Waals surface area contributed by atoms with Gasteiger partial charge in [0.1, 0.15) is 5.76 Å². The molecule has 0 saturated carbocycles. The van der Waals surface area contributed by atoms with Gasteiger partial charge in [-0.2, -0.15) is 0 Å². The molecule has 0 amide bonds. The van der Waals surface area contributed by atoms with Crippen LogP contribution in [0.2, 0.25) is 0 Å². The molecule has 1 unspecified atom stereocenters. The highest BCUT2D eigenvalue weighted by atomic mass is 16.6. The van der Waals surface area contributed by atoms with Gasteiger partial charge in [-0.3, -0.25) is 10.1 Å². The molecule has 0 aliphatic rings. The molecule has 112 valence electrons. The number of nitro benzene ring substituents is 1. The molecule has 21 heavy (non-hydrogen) atoms. The Labute approximate surface area is 122 Å². The Morgan fingerprint density at radius 3 is 2.86 bits per heavy atom. The molecule has 2 aromatic rings. The molecule has 1 heterocycles.